The molecule has 16 heavy (non-hydrogen) atoms. The van der Waals surface area contributed by atoms with E-state index in [1.807, 2.05) is 0 Å². The SMILES string of the molecule is CCCCCCCCCCCCC[CH2][SbH][Br]. The van der Waals surface area contributed by atoms with Crippen molar-refractivity contribution in [3.8, 4) is 0 Å². The summed E-state index contributed by atoms with van der Waals surface area (Å²) < 4.78 is 1.53. The van der Waals surface area contributed by atoms with Gasteiger partial charge in [-0.3, -0.25) is 0 Å². The second kappa shape index (κ2) is 16.3. The predicted octanol–water partition coefficient (Wildman–Crippen LogP) is 5.85. The summed E-state index contributed by atoms with van der Waals surface area (Å²) in [5.74, 6) is 0. The molecule has 0 saturated heterocycles. The minimum absolute atomic E-state index is 0.0594. The van der Waals surface area contributed by atoms with Crippen molar-refractivity contribution >= 4 is 32.0 Å². The molecule has 2 heteroatoms. The van der Waals surface area contributed by atoms with E-state index in [2.05, 4.69) is 19.5 Å². The summed E-state index contributed by atoms with van der Waals surface area (Å²) in [5.41, 5.74) is 0. The number of rotatable bonds is 13. The fourth-order valence-electron chi connectivity index (χ4n) is 2.03. The van der Waals surface area contributed by atoms with E-state index < -0.39 is 0 Å². The van der Waals surface area contributed by atoms with Crippen molar-refractivity contribution in [1.82, 2.24) is 0 Å². The Morgan fingerprint density at radius 3 is 1.38 bits per heavy atom. The molecule has 98 valence electrons. The summed E-state index contributed by atoms with van der Waals surface area (Å²) in [7, 11) is 0. The first-order valence-electron chi connectivity index (χ1n) is 7.25. The van der Waals surface area contributed by atoms with Crippen LogP contribution < -0.4 is 0 Å². The summed E-state index contributed by atoms with van der Waals surface area (Å²) >= 11 is 3.59. The standard InChI is InChI=1S/C14H29.BrH.Sb.H/c1-3-5-7-9-11-13-14-12-10-8-6-4-2;;;/h1,3-14H2,2H3;1H;;/q;;+1;/p-1. The Hall–Kier alpha value is 1.30. The third-order valence-electron chi connectivity index (χ3n) is 3.12. The molecule has 0 rings (SSSR count). The van der Waals surface area contributed by atoms with Crippen molar-refractivity contribution in [2.24, 2.45) is 0 Å². The molecule has 0 aromatic rings. The van der Waals surface area contributed by atoms with E-state index in [1.165, 1.54) is 81.4 Å². The Morgan fingerprint density at radius 2 is 1.00 bits per heavy atom. The van der Waals surface area contributed by atoms with Gasteiger partial charge in [0.2, 0.25) is 0 Å². The van der Waals surface area contributed by atoms with Crippen LogP contribution in [-0.4, -0.2) is 19.4 Å². The summed E-state index contributed by atoms with van der Waals surface area (Å²) in [6, 6.07) is 0. The van der Waals surface area contributed by atoms with E-state index in [0.717, 1.165) is 0 Å². The zero-order chi connectivity index (χ0) is 11.9. The molecule has 0 bridgehead atoms. The molecule has 0 aliphatic carbocycles. The number of hydrogen-bond donors (Lipinski definition) is 0. The molecule has 0 saturated carbocycles. The zero-order valence-electron chi connectivity index (χ0n) is 11.1. The van der Waals surface area contributed by atoms with E-state index in [1.54, 1.807) is 0 Å². The molecule has 0 atom stereocenters. The third kappa shape index (κ3) is 15.3. The normalized spacial score (nSPS) is 10.9. The van der Waals surface area contributed by atoms with Gasteiger partial charge in [0.15, 0.2) is 0 Å². The van der Waals surface area contributed by atoms with Crippen LogP contribution in [0.4, 0.5) is 0 Å². The number of hydrogen-bond acceptors (Lipinski definition) is 0. The first kappa shape index (κ1) is 17.3. The Bertz CT molecular complexity index is 103. The Morgan fingerprint density at radius 1 is 0.625 bits per heavy atom. The topological polar surface area (TPSA) is 0 Å². The van der Waals surface area contributed by atoms with Crippen LogP contribution in [0.5, 0.6) is 0 Å². The molecule has 0 spiro atoms. The predicted molar refractivity (Wildman–Crippen MR) is 82.0 cm³/mol. The van der Waals surface area contributed by atoms with Crippen LogP contribution in [0.2, 0.25) is 4.37 Å². The average Bonchev–Trinajstić information content (AvgIpc) is 2.31. The van der Waals surface area contributed by atoms with Gasteiger partial charge in [0.1, 0.15) is 0 Å². The van der Waals surface area contributed by atoms with Gasteiger partial charge in [-0.15, -0.1) is 0 Å². The second-order valence-electron chi connectivity index (χ2n) is 4.77. The van der Waals surface area contributed by atoms with Crippen molar-refractivity contribution in [3.05, 3.63) is 0 Å². The fraction of sp³-hybridized carbons (Fsp3) is 1.00. The molecule has 0 amide bonds. The summed E-state index contributed by atoms with van der Waals surface area (Å²) in [5, 5.41) is 0. The molecular weight excluding hydrogens is 370 g/mol. The van der Waals surface area contributed by atoms with Crippen molar-refractivity contribution in [3.63, 3.8) is 0 Å². The average molecular weight is 400 g/mol. The number of halogens is 1. The van der Waals surface area contributed by atoms with Crippen LogP contribution in [0, 0.1) is 0 Å². The van der Waals surface area contributed by atoms with Crippen LogP contribution >= 0.6 is 12.6 Å². The van der Waals surface area contributed by atoms with Gasteiger partial charge >= 0.3 is 107 Å². The molecule has 0 radical (unpaired) electrons. The van der Waals surface area contributed by atoms with Gasteiger partial charge in [0, 0.05) is 0 Å². The quantitative estimate of drug-likeness (QED) is 0.269. The number of unbranched alkanes of at least 4 members (excludes halogenated alkanes) is 11. The minimum atomic E-state index is -0.0594. The molecule has 0 unspecified atom stereocenters. The fourth-order valence-corrected chi connectivity index (χ4v) is 5.01. The van der Waals surface area contributed by atoms with Crippen LogP contribution in [0.3, 0.4) is 0 Å². The van der Waals surface area contributed by atoms with E-state index in [-0.39, 0.29) is 19.4 Å². The molecule has 0 aromatic carbocycles. The molecule has 0 fully saturated rings. The Labute approximate surface area is 120 Å². The molecule has 0 aromatic heterocycles. The molecule has 0 N–H and O–H groups in total. The molecule has 0 aliphatic rings. The first-order chi connectivity index (χ1) is 7.91. The molecule has 0 heterocycles. The second-order valence-corrected chi connectivity index (χ2v) is 10.7. The van der Waals surface area contributed by atoms with Crippen LogP contribution in [0.15, 0.2) is 0 Å². The van der Waals surface area contributed by atoms with Gasteiger partial charge in [0.25, 0.3) is 0 Å². The zero-order valence-corrected chi connectivity index (χ0v) is 15.5. The maximum absolute atomic E-state index is 3.65. The van der Waals surface area contributed by atoms with E-state index >= 15 is 0 Å². The van der Waals surface area contributed by atoms with Gasteiger partial charge in [-0.1, -0.05) is 13.3 Å². The third-order valence-corrected chi connectivity index (χ3v) is 7.33. The van der Waals surface area contributed by atoms with Crippen molar-refractivity contribution in [2.45, 2.75) is 88.3 Å². The van der Waals surface area contributed by atoms with Gasteiger partial charge in [-0.2, -0.15) is 0 Å². The maximum atomic E-state index is 3.65. The van der Waals surface area contributed by atoms with Crippen LogP contribution in [0.1, 0.15) is 84.0 Å². The van der Waals surface area contributed by atoms with E-state index in [9.17, 15) is 0 Å². The van der Waals surface area contributed by atoms with Gasteiger partial charge in [0.05, 0.1) is 0 Å². The molecule has 0 aliphatic heterocycles. The van der Waals surface area contributed by atoms with Crippen LogP contribution in [-0.2, 0) is 0 Å². The summed E-state index contributed by atoms with van der Waals surface area (Å²) in [6.07, 6.45) is 17.7. The molecular formula is C14H30BrSb. The van der Waals surface area contributed by atoms with E-state index in [0.29, 0.717) is 0 Å². The molecule has 0 nitrogen and oxygen atoms in total. The van der Waals surface area contributed by atoms with Gasteiger partial charge < -0.3 is 0 Å². The first-order valence-corrected chi connectivity index (χ1v) is 15.7. The summed E-state index contributed by atoms with van der Waals surface area (Å²) in [4.78, 5) is 0. The summed E-state index contributed by atoms with van der Waals surface area (Å²) in [6.45, 7) is 2.29. The van der Waals surface area contributed by atoms with Crippen molar-refractivity contribution < 1.29 is 0 Å². The van der Waals surface area contributed by atoms with Gasteiger partial charge in [-0.25, -0.2) is 0 Å². The Kier molecular flexibility index (Phi) is 17.6. The van der Waals surface area contributed by atoms with Crippen molar-refractivity contribution in [1.29, 1.82) is 0 Å². The van der Waals surface area contributed by atoms with E-state index in [4.69, 9.17) is 0 Å². The van der Waals surface area contributed by atoms with Crippen molar-refractivity contribution in [2.75, 3.05) is 0 Å². The van der Waals surface area contributed by atoms with Gasteiger partial charge in [-0.05, 0) is 0 Å². The Balaban J connectivity index is 2.83. The van der Waals surface area contributed by atoms with Crippen LogP contribution in [0.25, 0.3) is 0 Å². The monoisotopic (exact) mass is 398 g/mol.